The van der Waals surface area contributed by atoms with Gasteiger partial charge in [-0.25, -0.2) is 0 Å². The first-order chi connectivity index (χ1) is 10.9. The average Bonchev–Trinajstić information content (AvgIpc) is 2.50. The Morgan fingerprint density at radius 2 is 2.09 bits per heavy atom. The highest BCUT2D eigenvalue weighted by Crippen LogP contribution is 2.29. The molecular formula is C17H26ClNO4. The monoisotopic (exact) mass is 343 g/mol. The molecule has 0 bridgehead atoms. The maximum absolute atomic E-state index is 12.4. The van der Waals surface area contributed by atoms with Crippen molar-refractivity contribution in [2.75, 3.05) is 26.1 Å². The molecule has 0 radical (unpaired) electrons. The molecule has 5 nitrogen and oxygen atoms in total. The van der Waals surface area contributed by atoms with Crippen LogP contribution in [0.15, 0.2) is 18.2 Å². The molecule has 2 unspecified atom stereocenters. The number of rotatable bonds is 9. The number of nitrogens with one attached hydrogen (secondary N) is 1. The van der Waals surface area contributed by atoms with Gasteiger partial charge in [-0.1, -0.05) is 24.9 Å². The lowest BCUT2D eigenvalue weighted by molar-refractivity contribution is -0.136. The first-order valence-electron chi connectivity index (χ1n) is 7.68. The minimum Gasteiger partial charge on any atom is -0.487 e. The van der Waals surface area contributed by atoms with Gasteiger partial charge in [-0.3, -0.25) is 4.79 Å². The zero-order valence-electron chi connectivity index (χ0n) is 14.4. The SMILES string of the molecule is CCCC(C)(OC)C(=O)Nc1ccc(OC(C)COC)c(Cl)c1. The lowest BCUT2D eigenvalue weighted by Gasteiger charge is -2.26. The Morgan fingerprint density at radius 1 is 1.39 bits per heavy atom. The van der Waals surface area contributed by atoms with Crippen LogP contribution in [0, 0.1) is 0 Å². The quantitative estimate of drug-likeness (QED) is 0.738. The van der Waals surface area contributed by atoms with Crippen molar-refractivity contribution in [3.63, 3.8) is 0 Å². The summed E-state index contributed by atoms with van der Waals surface area (Å²) in [5, 5.41) is 3.27. The molecule has 0 spiro atoms. The Hall–Kier alpha value is -1.30. The minimum atomic E-state index is -0.858. The van der Waals surface area contributed by atoms with E-state index in [1.807, 2.05) is 13.8 Å². The molecule has 1 rings (SSSR count). The predicted octanol–water partition coefficient (Wildman–Crippen LogP) is 3.90. The van der Waals surface area contributed by atoms with Crippen LogP contribution < -0.4 is 10.1 Å². The maximum Gasteiger partial charge on any atom is 0.256 e. The molecule has 1 aromatic carbocycles. The van der Waals surface area contributed by atoms with Crippen molar-refractivity contribution in [2.45, 2.75) is 45.3 Å². The Bertz CT molecular complexity index is 523. The summed E-state index contributed by atoms with van der Waals surface area (Å²) in [4.78, 5) is 12.4. The van der Waals surface area contributed by atoms with Gasteiger partial charge in [-0.15, -0.1) is 0 Å². The van der Waals surface area contributed by atoms with E-state index in [1.165, 1.54) is 7.11 Å². The van der Waals surface area contributed by atoms with Crippen molar-refractivity contribution < 1.29 is 19.0 Å². The highest BCUT2D eigenvalue weighted by Gasteiger charge is 2.32. The highest BCUT2D eigenvalue weighted by molar-refractivity contribution is 6.32. The molecule has 2 atom stereocenters. The van der Waals surface area contributed by atoms with Crippen LogP contribution in [0.25, 0.3) is 0 Å². The summed E-state index contributed by atoms with van der Waals surface area (Å²) in [5.41, 5.74) is -0.255. The van der Waals surface area contributed by atoms with E-state index in [9.17, 15) is 4.79 Å². The molecule has 1 N–H and O–H groups in total. The topological polar surface area (TPSA) is 56.8 Å². The van der Waals surface area contributed by atoms with Crippen LogP contribution in [0.5, 0.6) is 5.75 Å². The smallest absolute Gasteiger partial charge is 0.256 e. The van der Waals surface area contributed by atoms with Gasteiger partial charge < -0.3 is 19.5 Å². The maximum atomic E-state index is 12.4. The summed E-state index contributed by atoms with van der Waals surface area (Å²) in [6.45, 7) is 6.15. The van der Waals surface area contributed by atoms with E-state index in [0.29, 0.717) is 29.5 Å². The molecule has 0 aliphatic heterocycles. The molecule has 130 valence electrons. The second kappa shape index (κ2) is 9.11. The normalized spacial score (nSPS) is 14.9. The third kappa shape index (κ3) is 5.68. The third-order valence-electron chi connectivity index (χ3n) is 3.58. The summed E-state index contributed by atoms with van der Waals surface area (Å²) in [7, 11) is 3.15. The number of hydrogen-bond acceptors (Lipinski definition) is 4. The van der Waals surface area contributed by atoms with E-state index in [4.69, 9.17) is 25.8 Å². The highest BCUT2D eigenvalue weighted by atomic mass is 35.5. The van der Waals surface area contributed by atoms with Gasteiger partial charge in [0, 0.05) is 19.9 Å². The van der Waals surface area contributed by atoms with Crippen molar-refractivity contribution in [3.05, 3.63) is 23.2 Å². The number of ether oxygens (including phenoxy) is 3. The Kier molecular flexibility index (Phi) is 7.82. The largest absolute Gasteiger partial charge is 0.487 e. The van der Waals surface area contributed by atoms with Gasteiger partial charge >= 0.3 is 0 Å². The molecule has 1 aromatic rings. The lowest BCUT2D eigenvalue weighted by atomic mass is 9.99. The molecule has 1 amide bonds. The van der Waals surface area contributed by atoms with Crippen LogP contribution in [0.2, 0.25) is 5.02 Å². The number of carbonyl (C=O) groups is 1. The second-order valence-electron chi connectivity index (χ2n) is 5.67. The number of amides is 1. The zero-order valence-corrected chi connectivity index (χ0v) is 15.2. The summed E-state index contributed by atoms with van der Waals surface area (Å²) in [6, 6.07) is 5.14. The van der Waals surface area contributed by atoms with Crippen molar-refractivity contribution in [1.82, 2.24) is 0 Å². The summed E-state index contributed by atoms with van der Waals surface area (Å²) in [6.07, 6.45) is 1.38. The van der Waals surface area contributed by atoms with Crippen LogP contribution in [-0.2, 0) is 14.3 Å². The molecule has 0 heterocycles. The molecular weight excluding hydrogens is 318 g/mol. The Morgan fingerprint density at radius 3 is 2.61 bits per heavy atom. The van der Waals surface area contributed by atoms with Crippen LogP contribution in [0.1, 0.15) is 33.6 Å². The number of carbonyl (C=O) groups excluding carboxylic acids is 1. The Balaban J connectivity index is 2.79. The number of hydrogen-bond donors (Lipinski definition) is 1. The lowest BCUT2D eigenvalue weighted by Crippen LogP contribution is -2.41. The first-order valence-corrected chi connectivity index (χ1v) is 8.05. The molecule has 0 aromatic heterocycles. The van der Waals surface area contributed by atoms with Crippen molar-refractivity contribution in [1.29, 1.82) is 0 Å². The fourth-order valence-corrected chi connectivity index (χ4v) is 2.43. The molecule has 0 fully saturated rings. The van der Waals surface area contributed by atoms with Gasteiger partial charge in [0.05, 0.1) is 11.6 Å². The van der Waals surface area contributed by atoms with Gasteiger partial charge in [-0.2, -0.15) is 0 Å². The molecule has 0 aliphatic rings. The van der Waals surface area contributed by atoms with E-state index in [0.717, 1.165) is 6.42 Å². The van der Waals surface area contributed by atoms with E-state index >= 15 is 0 Å². The first kappa shape index (κ1) is 19.7. The summed E-state index contributed by atoms with van der Waals surface area (Å²) < 4.78 is 16.1. The number of anilines is 1. The number of benzene rings is 1. The predicted molar refractivity (Wildman–Crippen MR) is 92.4 cm³/mol. The van der Waals surface area contributed by atoms with Crippen molar-refractivity contribution >= 4 is 23.2 Å². The van der Waals surface area contributed by atoms with Crippen LogP contribution in [0.3, 0.4) is 0 Å². The molecule has 6 heteroatoms. The number of methoxy groups -OCH3 is 2. The molecule has 0 aliphatic carbocycles. The van der Waals surface area contributed by atoms with Crippen molar-refractivity contribution in [3.8, 4) is 5.75 Å². The van der Waals surface area contributed by atoms with Crippen LogP contribution in [0.4, 0.5) is 5.69 Å². The Labute approximate surface area is 143 Å². The minimum absolute atomic E-state index is 0.112. The van der Waals surface area contributed by atoms with E-state index in [1.54, 1.807) is 32.2 Å². The van der Waals surface area contributed by atoms with E-state index < -0.39 is 5.60 Å². The van der Waals surface area contributed by atoms with E-state index in [2.05, 4.69) is 5.32 Å². The van der Waals surface area contributed by atoms with Crippen molar-refractivity contribution in [2.24, 2.45) is 0 Å². The standard InChI is InChI=1S/C17H26ClNO4/c1-6-9-17(3,22-5)16(20)19-13-7-8-15(14(18)10-13)23-12(2)11-21-4/h7-8,10,12H,6,9,11H2,1-5H3,(H,19,20). The van der Waals surface area contributed by atoms with Gasteiger partial charge in [0.15, 0.2) is 0 Å². The summed E-state index contributed by atoms with van der Waals surface area (Å²) >= 11 is 6.22. The summed E-state index contributed by atoms with van der Waals surface area (Å²) in [5.74, 6) is 0.358. The average molecular weight is 344 g/mol. The fourth-order valence-electron chi connectivity index (χ4n) is 2.21. The van der Waals surface area contributed by atoms with Crippen LogP contribution >= 0.6 is 11.6 Å². The second-order valence-corrected chi connectivity index (χ2v) is 6.08. The molecule has 0 saturated heterocycles. The van der Waals surface area contributed by atoms with Gasteiger partial charge in [0.1, 0.15) is 17.5 Å². The van der Waals surface area contributed by atoms with E-state index in [-0.39, 0.29) is 12.0 Å². The molecule has 0 saturated carbocycles. The van der Waals surface area contributed by atoms with Gasteiger partial charge in [-0.05, 0) is 38.5 Å². The fraction of sp³-hybridized carbons (Fsp3) is 0.588. The number of halogens is 1. The van der Waals surface area contributed by atoms with Gasteiger partial charge in [0.25, 0.3) is 5.91 Å². The van der Waals surface area contributed by atoms with Crippen LogP contribution in [-0.4, -0.2) is 38.4 Å². The zero-order chi connectivity index (χ0) is 17.5. The molecule has 23 heavy (non-hydrogen) atoms. The van der Waals surface area contributed by atoms with Gasteiger partial charge in [0.2, 0.25) is 0 Å². The third-order valence-corrected chi connectivity index (χ3v) is 3.87.